The average molecular weight is 612 g/mol. The summed E-state index contributed by atoms with van der Waals surface area (Å²) in [7, 11) is 2.01. The number of ether oxygens (including phenoxy) is 1. The number of nitrogens with zero attached hydrogens (tertiary/aromatic N) is 7. The molecule has 2 aromatic carbocycles. The third-order valence-electron chi connectivity index (χ3n) is 10.2. The van der Waals surface area contributed by atoms with E-state index in [0.717, 1.165) is 77.5 Å². The molecule has 0 aliphatic carbocycles. The summed E-state index contributed by atoms with van der Waals surface area (Å²) in [6, 6.07) is 14.5. The van der Waals surface area contributed by atoms with E-state index in [2.05, 4.69) is 51.6 Å². The van der Waals surface area contributed by atoms with E-state index in [1.807, 2.05) is 19.2 Å². The summed E-state index contributed by atoms with van der Waals surface area (Å²) in [5.74, 6) is 0.602. The fraction of sp³-hybridized carbons (Fsp3) is 0.471. The number of rotatable bonds is 7. The van der Waals surface area contributed by atoms with Gasteiger partial charge in [0.25, 0.3) is 0 Å². The zero-order chi connectivity index (χ0) is 30.4. The Balaban J connectivity index is 1.23. The number of fused-ring (bicyclic) bond motifs is 3. The Bertz CT molecular complexity index is 1640. The minimum absolute atomic E-state index is 0.0657. The number of halogens is 1. The Kier molecular flexibility index (Phi) is 7.59. The summed E-state index contributed by atoms with van der Waals surface area (Å²) in [4.78, 5) is 31.3. The van der Waals surface area contributed by atoms with Crippen molar-refractivity contribution in [3.63, 3.8) is 0 Å². The molecule has 0 radical (unpaired) electrons. The van der Waals surface area contributed by atoms with Crippen molar-refractivity contribution < 1.29 is 9.53 Å². The van der Waals surface area contributed by atoms with Crippen molar-refractivity contribution in [1.29, 1.82) is 5.26 Å². The molecule has 4 aliphatic heterocycles. The van der Waals surface area contributed by atoms with Crippen molar-refractivity contribution in [3.05, 3.63) is 65.3 Å². The lowest BCUT2D eigenvalue weighted by molar-refractivity contribution is -0.126. The molecular weight excluding hydrogens is 574 g/mol. The first-order valence-electron chi connectivity index (χ1n) is 15.7. The monoisotopic (exact) mass is 611 g/mol. The Morgan fingerprint density at radius 3 is 2.73 bits per heavy atom. The van der Waals surface area contributed by atoms with Crippen LogP contribution in [0.4, 0.5) is 11.5 Å². The number of likely N-dealkylation sites (tertiary alicyclic amines) is 1. The highest BCUT2D eigenvalue weighted by molar-refractivity contribution is 6.36. The lowest BCUT2D eigenvalue weighted by Gasteiger charge is -2.35. The summed E-state index contributed by atoms with van der Waals surface area (Å²) in [6.45, 7) is 8.30. The molecule has 2 atom stereocenters. The molecule has 0 saturated carbocycles. The fourth-order valence-corrected chi connectivity index (χ4v) is 8.18. The van der Waals surface area contributed by atoms with E-state index in [-0.39, 0.29) is 17.5 Å². The first-order valence-corrected chi connectivity index (χ1v) is 16.0. The van der Waals surface area contributed by atoms with E-state index in [1.54, 1.807) is 4.90 Å². The Hall–Kier alpha value is -3.87. The molecule has 5 heterocycles. The predicted molar refractivity (Wildman–Crippen MR) is 172 cm³/mol. The SMILES string of the molecule is C=CC(=O)N1C[C@H](N(C)c2nc(OCC34CCCN3CCC4)nc3c2CCN(c2cccc4cccc(Cl)c24)C3)CC1C#N. The summed E-state index contributed by atoms with van der Waals surface area (Å²) >= 11 is 6.72. The number of carbonyl (C=O) groups is 1. The van der Waals surface area contributed by atoms with Gasteiger partial charge in [-0.3, -0.25) is 9.69 Å². The van der Waals surface area contributed by atoms with E-state index >= 15 is 0 Å². The number of carbonyl (C=O) groups excluding carboxylic acids is 1. The van der Waals surface area contributed by atoms with Crippen molar-refractivity contribution >= 4 is 39.8 Å². The van der Waals surface area contributed by atoms with Crippen molar-refractivity contribution in [1.82, 2.24) is 19.8 Å². The van der Waals surface area contributed by atoms with Crippen LogP contribution in [0.1, 0.15) is 43.4 Å². The predicted octanol–water partition coefficient (Wildman–Crippen LogP) is 4.97. The van der Waals surface area contributed by atoms with E-state index < -0.39 is 6.04 Å². The number of hydrogen-bond acceptors (Lipinski definition) is 8. The first kappa shape index (κ1) is 28.9. The number of hydrogen-bond donors (Lipinski definition) is 0. The topological polar surface area (TPSA) is 88.8 Å². The number of nitriles is 1. The average Bonchev–Trinajstić information content (AvgIpc) is 3.77. The van der Waals surface area contributed by atoms with Gasteiger partial charge in [-0.2, -0.15) is 15.2 Å². The summed E-state index contributed by atoms with van der Waals surface area (Å²) in [6.07, 6.45) is 7.27. The highest BCUT2D eigenvalue weighted by Gasteiger charge is 2.45. The molecule has 3 aromatic rings. The first-order chi connectivity index (χ1) is 21.4. The molecule has 4 aliphatic rings. The molecule has 228 valence electrons. The maximum absolute atomic E-state index is 12.5. The number of likely N-dealkylation sites (N-methyl/N-ethyl adjacent to an activating group) is 1. The van der Waals surface area contributed by atoms with Crippen LogP contribution in [0, 0.1) is 11.3 Å². The zero-order valence-electron chi connectivity index (χ0n) is 25.2. The summed E-state index contributed by atoms with van der Waals surface area (Å²) in [5.41, 5.74) is 3.19. The molecule has 1 unspecified atom stereocenters. The Labute approximate surface area is 263 Å². The molecule has 0 N–H and O–H groups in total. The van der Waals surface area contributed by atoms with Crippen LogP contribution in [0.25, 0.3) is 10.8 Å². The standard InChI is InChI=1S/C34H38ClN7O2/c1-3-30(43)42-20-25(18-24(42)19-36)39(2)32-26-12-17-40(29-11-5-9-23-8-4-10-27(35)31(23)29)21-28(26)37-33(38-32)44-22-34-13-6-15-41(34)16-7-14-34/h3-5,8-11,24-25H,1,6-7,12-18,20-22H2,2H3/t24?,25-/m1/s1. The van der Waals surface area contributed by atoms with Gasteiger partial charge in [0.05, 0.1) is 34.9 Å². The van der Waals surface area contributed by atoms with Crippen LogP contribution in [-0.2, 0) is 17.8 Å². The molecule has 44 heavy (non-hydrogen) atoms. The molecule has 1 amide bonds. The van der Waals surface area contributed by atoms with Crippen LogP contribution in [0.15, 0.2) is 49.1 Å². The second-order valence-electron chi connectivity index (χ2n) is 12.6. The highest BCUT2D eigenvalue weighted by Crippen LogP contribution is 2.40. The van der Waals surface area contributed by atoms with E-state index in [9.17, 15) is 10.1 Å². The van der Waals surface area contributed by atoms with Gasteiger partial charge in [0.15, 0.2) is 0 Å². The van der Waals surface area contributed by atoms with Crippen LogP contribution >= 0.6 is 11.6 Å². The number of benzene rings is 2. The number of anilines is 2. The van der Waals surface area contributed by atoms with Crippen LogP contribution in [0.3, 0.4) is 0 Å². The third kappa shape index (κ3) is 4.94. The van der Waals surface area contributed by atoms with E-state index in [0.29, 0.717) is 32.1 Å². The maximum Gasteiger partial charge on any atom is 0.318 e. The molecule has 0 bridgehead atoms. The number of amides is 1. The molecule has 7 rings (SSSR count). The van der Waals surface area contributed by atoms with E-state index in [1.165, 1.54) is 18.9 Å². The van der Waals surface area contributed by atoms with Gasteiger partial charge >= 0.3 is 6.01 Å². The Morgan fingerprint density at radius 2 is 1.98 bits per heavy atom. The fourth-order valence-electron chi connectivity index (χ4n) is 7.90. The van der Waals surface area contributed by atoms with Gasteiger partial charge in [-0.25, -0.2) is 0 Å². The van der Waals surface area contributed by atoms with Crippen LogP contribution in [0.2, 0.25) is 5.02 Å². The highest BCUT2D eigenvalue weighted by atomic mass is 35.5. The van der Waals surface area contributed by atoms with Crippen molar-refractivity contribution in [2.24, 2.45) is 0 Å². The summed E-state index contributed by atoms with van der Waals surface area (Å²) < 4.78 is 6.50. The van der Waals surface area contributed by atoms with Gasteiger partial charge in [0.1, 0.15) is 18.5 Å². The van der Waals surface area contributed by atoms with Gasteiger partial charge in [-0.1, -0.05) is 42.4 Å². The largest absolute Gasteiger partial charge is 0.461 e. The molecule has 3 saturated heterocycles. The van der Waals surface area contributed by atoms with Gasteiger partial charge in [-0.15, -0.1) is 0 Å². The molecule has 1 aromatic heterocycles. The molecule has 3 fully saturated rings. The minimum Gasteiger partial charge on any atom is -0.461 e. The van der Waals surface area contributed by atoms with Crippen molar-refractivity contribution in [3.8, 4) is 12.1 Å². The second kappa shape index (κ2) is 11.6. The van der Waals surface area contributed by atoms with Gasteiger partial charge in [0.2, 0.25) is 5.91 Å². The molecular formula is C34H38ClN7O2. The maximum atomic E-state index is 12.5. The van der Waals surface area contributed by atoms with Crippen molar-refractivity contribution in [2.75, 3.05) is 49.6 Å². The second-order valence-corrected chi connectivity index (χ2v) is 13.0. The van der Waals surface area contributed by atoms with Crippen molar-refractivity contribution in [2.45, 2.75) is 62.7 Å². The van der Waals surface area contributed by atoms with Crippen LogP contribution in [-0.4, -0.2) is 83.1 Å². The lowest BCUT2D eigenvalue weighted by Crippen LogP contribution is -2.44. The van der Waals surface area contributed by atoms with Crippen LogP contribution in [0.5, 0.6) is 6.01 Å². The summed E-state index contributed by atoms with van der Waals surface area (Å²) in [5, 5.41) is 12.7. The third-order valence-corrected chi connectivity index (χ3v) is 10.6. The quantitative estimate of drug-likeness (QED) is 0.346. The lowest BCUT2D eigenvalue weighted by atomic mass is 9.95. The molecule has 0 spiro atoms. The van der Waals surface area contributed by atoms with Gasteiger partial charge in [-0.05, 0) is 68.8 Å². The van der Waals surface area contributed by atoms with Gasteiger partial charge in [0, 0.05) is 43.2 Å². The molecule has 9 nitrogen and oxygen atoms in total. The number of aromatic nitrogens is 2. The smallest absolute Gasteiger partial charge is 0.318 e. The normalized spacial score (nSPS) is 22.5. The van der Waals surface area contributed by atoms with Gasteiger partial charge < -0.3 is 19.4 Å². The molecule has 10 heteroatoms. The minimum atomic E-state index is -0.497. The Morgan fingerprint density at radius 1 is 1.20 bits per heavy atom. The van der Waals surface area contributed by atoms with Crippen LogP contribution < -0.4 is 14.5 Å². The zero-order valence-corrected chi connectivity index (χ0v) is 26.0. The van der Waals surface area contributed by atoms with E-state index in [4.69, 9.17) is 26.3 Å².